The van der Waals surface area contributed by atoms with Crippen LogP contribution in [0.2, 0.25) is 0 Å². The SMILES string of the molecule is CCCC[C@H](NC(=O)Cc1cccc(NC(=O)Nc2ccccc2C)c1)C(=O)N[C@@H](CC(=O)O)C(=O)N[C@H](C(=O)N1CCC[C@H]1C(N)=O)C(C)CC. The van der Waals surface area contributed by atoms with Gasteiger partial charge in [0.1, 0.15) is 24.2 Å². The molecule has 2 aromatic rings. The van der Waals surface area contributed by atoms with Gasteiger partial charge in [0, 0.05) is 17.9 Å². The molecule has 2 aromatic carbocycles. The third-order valence-corrected chi connectivity index (χ3v) is 9.09. The number of hydrogen-bond donors (Lipinski definition) is 7. The molecule has 0 saturated carbocycles. The predicted octanol–water partition coefficient (Wildman–Crippen LogP) is 2.82. The molecule has 0 aliphatic carbocycles. The highest BCUT2D eigenvalue weighted by molar-refractivity contribution is 6.00. The highest BCUT2D eigenvalue weighted by atomic mass is 16.4. The van der Waals surface area contributed by atoms with Gasteiger partial charge in [0.2, 0.25) is 29.5 Å². The van der Waals surface area contributed by atoms with Gasteiger partial charge >= 0.3 is 12.0 Å². The van der Waals surface area contributed by atoms with Crippen LogP contribution in [0.25, 0.3) is 0 Å². The number of nitrogens with one attached hydrogen (secondary N) is 5. The molecule has 1 heterocycles. The number of unbranched alkanes of at least 4 members (excludes halogenated alkanes) is 1. The number of nitrogens with zero attached hydrogens (tertiary/aromatic N) is 1. The van der Waals surface area contributed by atoms with Gasteiger partial charge in [-0.25, -0.2) is 4.79 Å². The van der Waals surface area contributed by atoms with Crippen LogP contribution in [0.4, 0.5) is 16.2 Å². The van der Waals surface area contributed by atoms with E-state index < -0.39 is 72.1 Å². The number of hydrogen-bond acceptors (Lipinski definition) is 7. The fourth-order valence-corrected chi connectivity index (χ4v) is 5.96. The van der Waals surface area contributed by atoms with Crippen molar-refractivity contribution in [2.45, 2.75) is 103 Å². The van der Waals surface area contributed by atoms with E-state index in [1.54, 1.807) is 37.3 Å². The van der Waals surface area contributed by atoms with E-state index in [9.17, 15) is 38.7 Å². The summed E-state index contributed by atoms with van der Waals surface area (Å²) in [5.41, 5.74) is 8.05. The molecule has 0 bridgehead atoms. The molecule has 0 radical (unpaired) electrons. The molecule has 1 aliphatic heterocycles. The van der Waals surface area contributed by atoms with Crippen LogP contribution in [0.5, 0.6) is 0 Å². The maximum absolute atomic E-state index is 13.5. The van der Waals surface area contributed by atoms with Crippen LogP contribution in [-0.4, -0.2) is 82.3 Å². The van der Waals surface area contributed by atoms with Crippen molar-refractivity contribution in [1.29, 1.82) is 0 Å². The predicted molar refractivity (Wildman–Crippen MR) is 195 cm³/mol. The van der Waals surface area contributed by atoms with Crippen LogP contribution < -0.4 is 32.3 Å². The minimum Gasteiger partial charge on any atom is -0.481 e. The van der Waals surface area contributed by atoms with Gasteiger partial charge in [-0.3, -0.25) is 28.8 Å². The Hall–Kier alpha value is -5.47. The first-order chi connectivity index (χ1) is 24.7. The van der Waals surface area contributed by atoms with Crippen molar-refractivity contribution < 1.29 is 38.7 Å². The quantitative estimate of drug-likeness (QED) is 0.121. The van der Waals surface area contributed by atoms with E-state index in [0.717, 1.165) is 5.56 Å². The number of urea groups is 1. The third kappa shape index (κ3) is 12.1. The number of primary amides is 1. The van der Waals surface area contributed by atoms with Gasteiger partial charge in [-0.1, -0.05) is 70.4 Å². The van der Waals surface area contributed by atoms with E-state index in [-0.39, 0.29) is 25.3 Å². The Bertz CT molecular complexity index is 1620. The number of aryl methyl sites for hydroxylation is 1. The molecule has 1 saturated heterocycles. The zero-order valence-corrected chi connectivity index (χ0v) is 30.2. The molecule has 1 fully saturated rings. The Morgan fingerprint density at radius 3 is 2.29 bits per heavy atom. The summed E-state index contributed by atoms with van der Waals surface area (Å²) < 4.78 is 0. The second-order valence-electron chi connectivity index (χ2n) is 13.2. The Morgan fingerprint density at radius 1 is 0.923 bits per heavy atom. The number of benzene rings is 2. The summed E-state index contributed by atoms with van der Waals surface area (Å²) >= 11 is 0. The number of carbonyl (C=O) groups excluding carboxylic acids is 6. The van der Waals surface area contributed by atoms with E-state index in [1.807, 2.05) is 39.0 Å². The van der Waals surface area contributed by atoms with Crippen molar-refractivity contribution >= 4 is 52.9 Å². The summed E-state index contributed by atoms with van der Waals surface area (Å²) in [6, 6.07) is 8.97. The molecule has 5 atom stereocenters. The summed E-state index contributed by atoms with van der Waals surface area (Å²) in [6.45, 7) is 7.62. The summed E-state index contributed by atoms with van der Waals surface area (Å²) in [7, 11) is 0. The molecule has 8 N–H and O–H groups in total. The summed E-state index contributed by atoms with van der Waals surface area (Å²) in [4.78, 5) is 91.5. The molecule has 7 amide bonds. The lowest BCUT2D eigenvalue weighted by atomic mass is 9.96. The first-order valence-corrected chi connectivity index (χ1v) is 17.7. The summed E-state index contributed by atoms with van der Waals surface area (Å²) in [5.74, 6) is -5.07. The number of carboxylic acid groups (broad SMARTS) is 1. The number of likely N-dealkylation sites (tertiary alicyclic amines) is 1. The molecule has 1 unspecified atom stereocenters. The van der Waals surface area contributed by atoms with Crippen molar-refractivity contribution in [2.75, 3.05) is 17.2 Å². The molecule has 0 aromatic heterocycles. The monoisotopic (exact) mass is 721 g/mol. The number of amides is 7. The van der Waals surface area contributed by atoms with Crippen molar-refractivity contribution in [1.82, 2.24) is 20.9 Å². The number of para-hydroxylation sites is 1. The van der Waals surface area contributed by atoms with Gasteiger partial charge in [0.05, 0.1) is 12.8 Å². The molecule has 1 aliphatic rings. The van der Waals surface area contributed by atoms with Crippen LogP contribution in [0, 0.1) is 12.8 Å². The van der Waals surface area contributed by atoms with Gasteiger partial charge in [0.25, 0.3) is 0 Å². The van der Waals surface area contributed by atoms with E-state index in [4.69, 9.17) is 5.73 Å². The lowest BCUT2D eigenvalue weighted by molar-refractivity contribution is -0.144. The van der Waals surface area contributed by atoms with E-state index in [2.05, 4.69) is 26.6 Å². The van der Waals surface area contributed by atoms with Gasteiger partial charge in [-0.05, 0) is 61.4 Å². The van der Waals surface area contributed by atoms with Crippen LogP contribution in [-0.2, 0) is 35.2 Å². The second kappa shape index (κ2) is 19.8. The van der Waals surface area contributed by atoms with Crippen LogP contribution in [0.3, 0.4) is 0 Å². The summed E-state index contributed by atoms with van der Waals surface area (Å²) in [5, 5.41) is 22.9. The molecular formula is C37H51N7O8. The number of carbonyl (C=O) groups is 7. The van der Waals surface area contributed by atoms with Crippen LogP contribution in [0.15, 0.2) is 48.5 Å². The molecule has 15 nitrogen and oxygen atoms in total. The molecular weight excluding hydrogens is 670 g/mol. The van der Waals surface area contributed by atoms with Gasteiger partial charge < -0.3 is 42.3 Å². The van der Waals surface area contributed by atoms with E-state index in [1.165, 1.54) is 4.90 Å². The smallest absolute Gasteiger partial charge is 0.323 e. The fraction of sp³-hybridized carbons (Fsp3) is 0.486. The maximum Gasteiger partial charge on any atom is 0.323 e. The zero-order chi connectivity index (χ0) is 38.4. The van der Waals surface area contributed by atoms with Gasteiger partial charge in [0.15, 0.2) is 0 Å². The largest absolute Gasteiger partial charge is 0.481 e. The average Bonchev–Trinajstić information content (AvgIpc) is 3.59. The molecule has 0 spiro atoms. The van der Waals surface area contributed by atoms with Gasteiger partial charge in [-0.2, -0.15) is 0 Å². The van der Waals surface area contributed by atoms with Crippen LogP contribution in [0.1, 0.15) is 76.8 Å². The number of anilines is 2. The minimum absolute atomic E-state index is 0.134. The van der Waals surface area contributed by atoms with Crippen molar-refractivity contribution in [3.8, 4) is 0 Å². The normalized spacial score (nSPS) is 16.1. The Labute approximate surface area is 303 Å². The topological polar surface area (TPSA) is 229 Å². The Kier molecular flexibility index (Phi) is 15.6. The van der Waals surface area contributed by atoms with Crippen molar-refractivity contribution in [3.05, 3.63) is 59.7 Å². The molecule has 52 heavy (non-hydrogen) atoms. The van der Waals surface area contributed by atoms with Crippen molar-refractivity contribution in [2.24, 2.45) is 11.7 Å². The first-order valence-electron chi connectivity index (χ1n) is 17.7. The van der Waals surface area contributed by atoms with Crippen LogP contribution >= 0.6 is 0 Å². The Morgan fingerprint density at radius 2 is 1.63 bits per heavy atom. The maximum atomic E-state index is 13.5. The minimum atomic E-state index is -1.57. The first kappa shape index (κ1) is 41.0. The zero-order valence-electron chi connectivity index (χ0n) is 30.2. The highest BCUT2D eigenvalue weighted by Gasteiger charge is 2.39. The highest BCUT2D eigenvalue weighted by Crippen LogP contribution is 2.21. The third-order valence-electron chi connectivity index (χ3n) is 9.09. The fourth-order valence-electron chi connectivity index (χ4n) is 5.96. The number of nitrogens with two attached hydrogens (primary N) is 1. The summed E-state index contributed by atoms with van der Waals surface area (Å²) in [6.07, 6.45) is 1.99. The average molecular weight is 722 g/mol. The number of rotatable bonds is 18. The van der Waals surface area contributed by atoms with Crippen molar-refractivity contribution in [3.63, 3.8) is 0 Å². The lowest BCUT2D eigenvalue weighted by Crippen LogP contribution is -2.59. The van der Waals surface area contributed by atoms with Gasteiger partial charge in [-0.15, -0.1) is 0 Å². The molecule has 15 heteroatoms. The van der Waals surface area contributed by atoms with E-state index in [0.29, 0.717) is 49.0 Å². The second-order valence-corrected chi connectivity index (χ2v) is 13.2. The number of carboxylic acids is 1. The lowest BCUT2D eigenvalue weighted by Gasteiger charge is -2.32. The Balaban J connectivity index is 1.69. The number of aliphatic carboxylic acids is 1. The van der Waals surface area contributed by atoms with E-state index >= 15 is 0 Å². The molecule has 282 valence electrons. The molecule has 3 rings (SSSR count). The standard InChI is InChI=1S/C37H51N7O8/c1-5-7-15-27(40-30(45)20-24-13-10-14-25(19-24)39-37(52)42-26-16-9-8-12-23(26)4)34(49)41-28(21-31(46)47)35(50)43-32(22(3)6-2)36(51)44-18-11-17-29(44)33(38)48/h8-10,12-14,16,19,22,27-29,32H,5-7,11,15,17-18,20-21H2,1-4H3,(H2,38,48)(H,40,45)(H,41,49)(H,43,50)(H,46,47)(H2,39,42,52)/t22?,27-,28-,29-,32-/m0/s1.